The summed E-state index contributed by atoms with van der Waals surface area (Å²) in [5.41, 5.74) is -3.37. The zero-order valence-corrected chi connectivity index (χ0v) is 11.6. The van der Waals surface area contributed by atoms with Crippen molar-refractivity contribution in [1.29, 1.82) is 0 Å². The van der Waals surface area contributed by atoms with Crippen LogP contribution in [0.1, 0.15) is 19.3 Å². The molecule has 1 heterocycles. The maximum atomic E-state index is 13.1. The Morgan fingerprint density at radius 3 is 1.63 bits per heavy atom. The van der Waals surface area contributed by atoms with Crippen molar-refractivity contribution in [2.24, 2.45) is 5.41 Å². The molecule has 0 atom stereocenters. The Balaban J connectivity index is 2.12. The topological polar surface area (TPSA) is 118 Å². The maximum Gasteiger partial charge on any atom is 0.354 e. The van der Waals surface area contributed by atoms with E-state index in [0.29, 0.717) is 0 Å². The van der Waals surface area contributed by atoms with Crippen LogP contribution in [0.5, 0.6) is 0 Å². The minimum atomic E-state index is -5.04. The van der Waals surface area contributed by atoms with Gasteiger partial charge >= 0.3 is 15.2 Å². The molecular weight excluding hydrogens is 306 g/mol. The molecule has 7 nitrogen and oxygen atoms in total. The fourth-order valence-corrected chi connectivity index (χ4v) is 5.61. The molecule has 2 fully saturated rings. The Kier molecular flexibility index (Phi) is 3.51. The number of piperidine rings is 1. The van der Waals surface area contributed by atoms with Crippen LogP contribution in [0.15, 0.2) is 0 Å². The predicted molar refractivity (Wildman–Crippen MR) is 60.7 cm³/mol. The molecule has 112 valence electrons. The number of rotatable bonds is 3. The van der Waals surface area contributed by atoms with E-state index >= 15 is 0 Å². The van der Waals surface area contributed by atoms with Crippen molar-refractivity contribution in [1.82, 2.24) is 4.90 Å². The molecule has 0 aromatic rings. The van der Waals surface area contributed by atoms with E-state index in [4.69, 9.17) is 19.6 Å². The number of hydrogen-bond acceptors (Lipinski definition) is 3. The first kappa shape index (κ1) is 15.5. The third-order valence-electron chi connectivity index (χ3n) is 3.89. The van der Waals surface area contributed by atoms with E-state index in [2.05, 4.69) is 0 Å². The van der Waals surface area contributed by atoms with Crippen LogP contribution in [0.4, 0.5) is 8.78 Å². The van der Waals surface area contributed by atoms with Gasteiger partial charge in [0.2, 0.25) is 5.52 Å². The molecule has 1 saturated heterocycles. The second-order valence-electron chi connectivity index (χ2n) is 5.22. The van der Waals surface area contributed by atoms with Crippen LogP contribution >= 0.6 is 15.2 Å². The Morgan fingerprint density at radius 2 is 1.37 bits per heavy atom. The van der Waals surface area contributed by atoms with Gasteiger partial charge in [-0.05, 0) is 12.8 Å². The number of alkyl halides is 2. The summed E-state index contributed by atoms with van der Waals surface area (Å²) in [7, 11) is -10.1. The fraction of sp³-hybridized carbons (Fsp3) is 1.00. The standard InChI is InChI=1S/C8H15F2NO6P2/c9-8(10)5-7(8)1-3-11(4-2-7)6(18(12,13)14)19(15,16)17/h6H,1-5H2,(H2,12,13,14)(H2,15,16,17). The van der Waals surface area contributed by atoms with Gasteiger partial charge in [0, 0.05) is 24.9 Å². The van der Waals surface area contributed by atoms with Gasteiger partial charge < -0.3 is 19.6 Å². The predicted octanol–water partition coefficient (Wildman–Crippen LogP) is 0.747. The smallest absolute Gasteiger partial charge is 0.323 e. The van der Waals surface area contributed by atoms with Crippen LogP contribution in [0, 0.1) is 5.41 Å². The van der Waals surface area contributed by atoms with Gasteiger partial charge in [-0.1, -0.05) is 0 Å². The largest absolute Gasteiger partial charge is 0.354 e. The summed E-state index contributed by atoms with van der Waals surface area (Å²) in [6.45, 7) is -0.313. The second-order valence-corrected chi connectivity index (χ2v) is 8.96. The van der Waals surface area contributed by atoms with Gasteiger partial charge in [0.15, 0.2) is 0 Å². The molecule has 0 bridgehead atoms. The Morgan fingerprint density at radius 1 is 1.00 bits per heavy atom. The Bertz CT molecular complexity index is 444. The summed E-state index contributed by atoms with van der Waals surface area (Å²) in [6, 6.07) is 0. The molecule has 1 aliphatic heterocycles. The average molecular weight is 321 g/mol. The highest BCUT2D eigenvalue weighted by atomic mass is 31.2. The summed E-state index contributed by atoms with van der Waals surface area (Å²) in [4.78, 5) is 37.1. The summed E-state index contributed by atoms with van der Waals surface area (Å²) >= 11 is 0. The summed E-state index contributed by atoms with van der Waals surface area (Å²) in [6.07, 6.45) is -0.294. The first-order valence-corrected chi connectivity index (χ1v) is 8.98. The van der Waals surface area contributed by atoms with Crippen molar-refractivity contribution in [2.45, 2.75) is 30.7 Å². The van der Waals surface area contributed by atoms with Crippen LogP contribution in [-0.2, 0) is 9.13 Å². The van der Waals surface area contributed by atoms with Crippen molar-refractivity contribution in [3.8, 4) is 0 Å². The van der Waals surface area contributed by atoms with Gasteiger partial charge in [-0.2, -0.15) is 0 Å². The lowest BCUT2D eigenvalue weighted by molar-refractivity contribution is 0.0305. The molecule has 11 heteroatoms. The van der Waals surface area contributed by atoms with E-state index in [9.17, 15) is 17.9 Å². The van der Waals surface area contributed by atoms with Gasteiger partial charge in [-0.15, -0.1) is 0 Å². The highest BCUT2D eigenvalue weighted by Crippen LogP contribution is 2.68. The molecule has 4 N–H and O–H groups in total. The summed E-state index contributed by atoms with van der Waals surface area (Å²) < 4.78 is 48.7. The van der Waals surface area contributed by atoms with E-state index in [1.807, 2.05) is 0 Å². The zero-order chi connectivity index (χ0) is 14.7. The lowest BCUT2D eigenvalue weighted by Crippen LogP contribution is -2.42. The van der Waals surface area contributed by atoms with Crippen LogP contribution in [0.3, 0.4) is 0 Å². The number of halogens is 2. The monoisotopic (exact) mass is 321 g/mol. The number of nitrogens with zero attached hydrogens (tertiary/aromatic N) is 1. The van der Waals surface area contributed by atoms with Crippen molar-refractivity contribution < 1.29 is 37.5 Å². The van der Waals surface area contributed by atoms with Gasteiger partial charge in [-0.3, -0.25) is 14.0 Å². The zero-order valence-electron chi connectivity index (χ0n) is 9.82. The van der Waals surface area contributed by atoms with Gasteiger partial charge in [-0.25, -0.2) is 8.78 Å². The van der Waals surface area contributed by atoms with E-state index in [0.717, 1.165) is 4.90 Å². The molecular formula is C8H15F2NO6P2. The molecule has 1 saturated carbocycles. The highest BCUT2D eigenvalue weighted by Gasteiger charge is 2.71. The van der Waals surface area contributed by atoms with Gasteiger partial charge in [0.1, 0.15) is 0 Å². The first-order chi connectivity index (χ1) is 8.39. The second kappa shape index (κ2) is 4.31. The molecule has 0 radical (unpaired) electrons. The molecule has 0 aromatic carbocycles. The normalized spacial score (nSPS) is 26.9. The minimum absolute atomic E-state index is 0.0174. The summed E-state index contributed by atoms with van der Waals surface area (Å²) in [5.74, 6) is -2.77. The van der Waals surface area contributed by atoms with Crippen molar-refractivity contribution in [3.63, 3.8) is 0 Å². The SMILES string of the molecule is O=P(O)(O)C(N1CCC2(CC1)CC2(F)F)P(=O)(O)O. The molecule has 1 aliphatic carbocycles. The van der Waals surface area contributed by atoms with Crippen molar-refractivity contribution in [2.75, 3.05) is 13.1 Å². The van der Waals surface area contributed by atoms with E-state index < -0.39 is 32.1 Å². The number of likely N-dealkylation sites (tertiary alicyclic amines) is 1. The Hall–Kier alpha value is 0.120. The van der Waals surface area contributed by atoms with E-state index in [1.165, 1.54) is 0 Å². The third-order valence-corrected chi connectivity index (χ3v) is 7.56. The quantitative estimate of drug-likeness (QED) is 0.566. The molecule has 2 rings (SSSR count). The molecule has 0 amide bonds. The molecule has 0 unspecified atom stereocenters. The van der Waals surface area contributed by atoms with Crippen molar-refractivity contribution in [3.05, 3.63) is 0 Å². The molecule has 0 aromatic heterocycles. The number of hydrogen-bond donors (Lipinski definition) is 4. The van der Waals surface area contributed by atoms with Gasteiger partial charge in [0.25, 0.3) is 5.92 Å². The summed E-state index contributed by atoms with van der Waals surface area (Å²) in [5, 5.41) is 0. The minimum Gasteiger partial charge on any atom is -0.323 e. The lowest BCUT2D eigenvalue weighted by Gasteiger charge is -2.37. The third kappa shape index (κ3) is 2.78. The van der Waals surface area contributed by atoms with E-state index in [-0.39, 0.29) is 32.4 Å². The van der Waals surface area contributed by atoms with Crippen LogP contribution in [0.25, 0.3) is 0 Å². The molecule has 19 heavy (non-hydrogen) atoms. The van der Waals surface area contributed by atoms with Crippen molar-refractivity contribution >= 4 is 15.2 Å². The average Bonchev–Trinajstić information content (AvgIpc) is 2.67. The van der Waals surface area contributed by atoms with Crippen LogP contribution < -0.4 is 0 Å². The molecule has 2 aliphatic rings. The fourth-order valence-electron chi connectivity index (χ4n) is 2.73. The van der Waals surface area contributed by atoms with E-state index in [1.54, 1.807) is 0 Å². The maximum absolute atomic E-state index is 13.1. The van der Waals surface area contributed by atoms with Crippen LogP contribution in [0.2, 0.25) is 0 Å². The Labute approximate surface area is 107 Å². The highest BCUT2D eigenvalue weighted by molar-refractivity contribution is 7.70. The van der Waals surface area contributed by atoms with Crippen LogP contribution in [-0.4, -0.2) is 49.0 Å². The first-order valence-electron chi connectivity index (χ1n) is 5.61. The molecule has 1 spiro atoms. The lowest BCUT2D eigenvalue weighted by atomic mass is 9.93. The van der Waals surface area contributed by atoms with Gasteiger partial charge in [0.05, 0.1) is 0 Å².